The highest BCUT2D eigenvalue weighted by Crippen LogP contribution is 2.19. The van der Waals surface area contributed by atoms with Crippen LogP contribution in [0.5, 0.6) is 0 Å². The SMILES string of the molecule is CCCCCCCCCCCCCCCCCCCCCCCCCCCCCCCCCCCCCCCCCC(=O)NC(CO)C(O)C(O)CCCCCCCCCC. The van der Waals surface area contributed by atoms with E-state index in [1.54, 1.807) is 0 Å². The van der Waals surface area contributed by atoms with Crippen LogP contribution in [0.1, 0.15) is 328 Å². The average Bonchev–Trinajstić information content (AvgIpc) is 3.26. The van der Waals surface area contributed by atoms with Gasteiger partial charge in [0.2, 0.25) is 5.91 Å². The van der Waals surface area contributed by atoms with Gasteiger partial charge in [0.15, 0.2) is 0 Å². The number of unbranched alkanes of at least 4 members (excludes halogenated alkanes) is 45. The maximum absolute atomic E-state index is 12.4. The molecule has 0 aromatic heterocycles. The summed E-state index contributed by atoms with van der Waals surface area (Å²) in [5.74, 6) is -0.140. The number of nitrogens with one attached hydrogen (secondary N) is 1. The van der Waals surface area contributed by atoms with Gasteiger partial charge in [0.25, 0.3) is 0 Å². The Labute approximate surface area is 383 Å². The first-order valence-electron chi connectivity index (χ1n) is 28.3. The van der Waals surface area contributed by atoms with E-state index in [-0.39, 0.29) is 12.5 Å². The summed E-state index contributed by atoms with van der Waals surface area (Å²) in [5.41, 5.74) is 0. The zero-order valence-electron chi connectivity index (χ0n) is 41.8. The largest absolute Gasteiger partial charge is 0.394 e. The van der Waals surface area contributed by atoms with Crippen LogP contribution < -0.4 is 5.32 Å². The molecule has 61 heavy (non-hydrogen) atoms. The molecule has 3 atom stereocenters. The molecule has 4 N–H and O–H groups in total. The lowest BCUT2D eigenvalue weighted by molar-refractivity contribution is -0.124. The summed E-state index contributed by atoms with van der Waals surface area (Å²) in [6.07, 6.45) is 63.1. The lowest BCUT2D eigenvalue weighted by Gasteiger charge is -2.26. The van der Waals surface area contributed by atoms with Crippen LogP contribution in [0, 0.1) is 0 Å². The van der Waals surface area contributed by atoms with Gasteiger partial charge in [-0.1, -0.05) is 309 Å². The molecule has 0 fully saturated rings. The van der Waals surface area contributed by atoms with Gasteiger partial charge in [-0.3, -0.25) is 4.79 Å². The van der Waals surface area contributed by atoms with E-state index in [4.69, 9.17) is 0 Å². The van der Waals surface area contributed by atoms with Crippen molar-refractivity contribution in [2.45, 2.75) is 347 Å². The Hall–Kier alpha value is -0.650. The zero-order chi connectivity index (χ0) is 44.4. The molecular formula is C56H113NO4. The van der Waals surface area contributed by atoms with Crippen LogP contribution in [-0.4, -0.2) is 46.1 Å². The van der Waals surface area contributed by atoms with Gasteiger partial charge in [-0.15, -0.1) is 0 Å². The van der Waals surface area contributed by atoms with Crippen LogP contribution in [0.15, 0.2) is 0 Å². The minimum atomic E-state index is -1.13. The molecule has 0 radical (unpaired) electrons. The topological polar surface area (TPSA) is 89.8 Å². The van der Waals surface area contributed by atoms with Gasteiger partial charge in [-0.05, 0) is 12.8 Å². The fourth-order valence-corrected chi connectivity index (χ4v) is 9.34. The van der Waals surface area contributed by atoms with E-state index >= 15 is 0 Å². The van der Waals surface area contributed by atoms with E-state index in [0.717, 1.165) is 38.5 Å². The van der Waals surface area contributed by atoms with Gasteiger partial charge in [-0.25, -0.2) is 0 Å². The molecule has 0 aromatic rings. The molecule has 0 saturated heterocycles. The Morgan fingerprint density at radius 3 is 0.787 bits per heavy atom. The van der Waals surface area contributed by atoms with E-state index in [2.05, 4.69) is 19.2 Å². The Bertz CT molecular complexity index is 822. The molecule has 0 bridgehead atoms. The molecule has 5 heteroatoms. The van der Waals surface area contributed by atoms with Crippen LogP contribution in [-0.2, 0) is 4.79 Å². The minimum Gasteiger partial charge on any atom is -0.394 e. The zero-order valence-corrected chi connectivity index (χ0v) is 41.8. The van der Waals surface area contributed by atoms with Gasteiger partial charge in [0, 0.05) is 6.42 Å². The molecule has 366 valence electrons. The molecule has 0 rings (SSSR count). The standard InChI is InChI=1S/C56H113NO4/c1-3-5-7-9-11-13-14-15-16-17-18-19-20-21-22-23-24-25-26-27-28-29-30-31-32-33-34-35-36-37-38-39-40-41-42-43-45-47-49-51-55(60)57-53(52-58)56(61)54(59)50-48-46-44-12-10-8-6-4-2/h53-54,56,58-59,61H,3-52H2,1-2H3,(H,57,60). The second-order valence-electron chi connectivity index (χ2n) is 19.9. The number of carbonyl (C=O) groups excluding carboxylic acids is 1. The highest BCUT2D eigenvalue weighted by atomic mass is 16.3. The van der Waals surface area contributed by atoms with E-state index < -0.39 is 18.2 Å². The maximum atomic E-state index is 12.4. The van der Waals surface area contributed by atoms with Crippen LogP contribution in [0.4, 0.5) is 0 Å². The first-order chi connectivity index (χ1) is 30.1. The predicted octanol–water partition coefficient (Wildman–Crippen LogP) is 17.3. The molecule has 0 saturated carbocycles. The van der Waals surface area contributed by atoms with Crippen molar-refractivity contribution >= 4 is 5.91 Å². The third kappa shape index (κ3) is 47.1. The Kier molecular flexibility index (Phi) is 51.4. The minimum absolute atomic E-state index is 0.140. The first kappa shape index (κ1) is 60.4. The first-order valence-corrected chi connectivity index (χ1v) is 28.3. The Morgan fingerprint density at radius 1 is 0.344 bits per heavy atom. The third-order valence-corrected chi connectivity index (χ3v) is 13.7. The van der Waals surface area contributed by atoms with Crippen molar-refractivity contribution in [1.29, 1.82) is 0 Å². The highest BCUT2D eigenvalue weighted by Gasteiger charge is 2.26. The van der Waals surface area contributed by atoms with Gasteiger partial charge >= 0.3 is 0 Å². The van der Waals surface area contributed by atoms with Crippen molar-refractivity contribution in [2.75, 3.05) is 6.61 Å². The summed E-state index contributed by atoms with van der Waals surface area (Å²) < 4.78 is 0. The Morgan fingerprint density at radius 2 is 0.557 bits per heavy atom. The monoisotopic (exact) mass is 864 g/mol. The van der Waals surface area contributed by atoms with Crippen LogP contribution in [0.3, 0.4) is 0 Å². The van der Waals surface area contributed by atoms with Crippen LogP contribution in [0.25, 0.3) is 0 Å². The molecule has 0 aliphatic heterocycles. The molecule has 0 aliphatic carbocycles. The van der Waals surface area contributed by atoms with Crippen molar-refractivity contribution in [1.82, 2.24) is 5.32 Å². The number of amides is 1. The fourth-order valence-electron chi connectivity index (χ4n) is 9.34. The second kappa shape index (κ2) is 52.0. The van der Waals surface area contributed by atoms with E-state index in [0.29, 0.717) is 12.8 Å². The second-order valence-corrected chi connectivity index (χ2v) is 19.9. The van der Waals surface area contributed by atoms with E-state index in [1.807, 2.05) is 0 Å². The van der Waals surface area contributed by atoms with Crippen LogP contribution >= 0.6 is 0 Å². The number of aliphatic hydroxyl groups excluding tert-OH is 3. The molecule has 0 aromatic carbocycles. The Balaban J connectivity index is 3.32. The van der Waals surface area contributed by atoms with E-state index in [9.17, 15) is 20.1 Å². The highest BCUT2D eigenvalue weighted by molar-refractivity contribution is 5.76. The third-order valence-electron chi connectivity index (χ3n) is 13.7. The van der Waals surface area contributed by atoms with Crippen molar-refractivity contribution in [3.05, 3.63) is 0 Å². The lowest BCUT2D eigenvalue weighted by Crippen LogP contribution is -2.50. The predicted molar refractivity (Wildman–Crippen MR) is 269 cm³/mol. The normalized spacial score (nSPS) is 13.2. The summed E-state index contributed by atoms with van der Waals surface area (Å²) >= 11 is 0. The molecule has 1 amide bonds. The van der Waals surface area contributed by atoms with Gasteiger partial charge in [0.05, 0.1) is 18.8 Å². The molecule has 3 unspecified atom stereocenters. The summed E-state index contributed by atoms with van der Waals surface area (Å²) in [6, 6.07) is -0.802. The summed E-state index contributed by atoms with van der Waals surface area (Å²) in [5, 5.41) is 33.4. The average molecular weight is 865 g/mol. The quantitative estimate of drug-likeness (QED) is 0.0459. The number of hydrogen-bond donors (Lipinski definition) is 4. The molecular weight excluding hydrogens is 751 g/mol. The fraction of sp³-hybridized carbons (Fsp3) is 0.982. The molecule has 0 spiro atoms. The summed E-state index contributed by atoms with van der Waals surface area (Å²) in [6.45, 7) is 4.17. The smallest absolute Gasteiger partial charge is 0.220 e. The van der Waals surface area contributed by atoms with Gasteiger partial charge in [0.1, 0.15) is 6.10 Å². The van der Waals surface area contributed by atoms with Crippen LogP contribution in [0.2, 0.25) is 0 Å². The number of carbonyl (C=O) groups is 1. The molecule has 5 nitrogen and oxygen atoms in total. The molecule has 0 heterocycles. The molecule has 0 aliphatic rings. The van der Waals surface area contributed by atoms with Crippen molar-refractivity contribution in [3.63, 3.8) is 0 Å². The van der Waals surface area contributed by atoms with Gasteiger partial charge in [-0.2, -0.15) is 0 Å². The summed E-state index contributed by atoms with van der Waals surface area (Å²) in [7, 11) is 0. The van der Waals surface area contributed by atoms with Crippen molar-refractivity contribution in [3.8, 4) is 0 Å². The number of aliphatic hydroxyl groups is 3. The number of rotatable bonds is 53. The van der Waals surface area contributed by atoms with E-state index in [1.165, 1.54) is 263 Å². The number of hydrogen-bond acceptors (Lipinski definition) is 4. The summed E-state index contributed by atoms with van der Waals surface area (Å²) in [4.78, 5) is 12.4. The van der Waals surface area contributed by atoms with Crippen molar-refractivity contribution in [2.24, 2.45) is 0 Å². The van der Waals surface area contributed by atoms with Gasteiger partial charge < -0.3 is 20.6 Å². The maximum Gasteiger partial charge on any atom is 0.220 e. The van der Waals surface area contributed by atoms with Crippen molar-refractivity contribution < 1.29 is 20.1 Å². The lowest BCUT2D eigenvalue weighted by atomic mass is 9.99.